The second kappa shape index (κ2) is 10.1. The van der Waals surface area contributed by atoms with Crippen LogP contribution in [0, 0.1) is 17.0 Å². The number of nitrogens with one attached hydrogen (secondary N) is 3. The average molecular weight is 455 g/mol. The molecule has 0 radical (unpaired) electrons. The first kappa shape index (κ1) is 22.9. The lowest BCUT2D eigenvalue weighted by Gasteiger charge is -2.29. The van der Waals surface area contributed by atoms with Gasteiger partial charge in [0.2, 0.25) is 5.95 Å². The van der Waals surface area contributed by atoms with Crippen LogP contribution in [0.3, 0.4) is 0 Å². The fourth-order valence-corrected chi connectivity index (χ4v) is 4.16. The number of anilines is 3. The van der Waals surface area contributed by atoms with E-state index in [1.54, 1.807) is 12.3 Å². The van der Waals surface area contributed by atoms with Crippen LogP contribution >= 0.6 is 0 Å². The Labute approximate surface area is 192 Å². The van der Waals surface area contributed by atoms with Crippen LogP contribution in [0.25, 0.3) is 0 Å². The van der Waals surface area contributed by atoms with Crippen LogP contribution in [0.2, 0.25) is 0 Å². The number of carbonyl (C=O) groups excluding carboxylic acids is 1. The minimum atomic E-state index is -0.500. The van der Waals surface area contributed by atoms with E-state index in [9.17, 15) is 14.9 Å². The summed E-state index contributed by atoms with van der Waals surface area (Å²) in [5, 5.41) is 21.0. The Morgan fingerprint density at radius 2 is 1.94 bits per heavy atom. The molecule has 3 heterocycles. The summed E-state index contributed by atoms with van der Waals surface area (Å²) in [4.78, 5) is 37.2. The molecule has 11 nitrogen and oxygen atoms in total. The normalized spacial score (nSPS) is 17.6. The molecule has 1 aromatic heterocycles. The summed E-state index contributed by atoms with van der Waals surface area (Å²) in [5.41, 5.74) is 1.25. The zero-order valence-electron chi connectivity index (χ0n) is 19.0. The van der Waals surface area contributed by atoms with Gasteiger partial charge in [-0.1, -0.05) is 0 Å². The van der Waals surface area contributed by atoms with Crippen LogP contribution in [0.5, 0.6) is 0 Å². The maximum Gasteiger partial charge on any atom is 0.293 e. The van der Waals surface area contributed by atoms with E-state index in [1.165, 1.54) is 12.1 Å². The molecule has 3 N–H and O–H groups in total. The van der Waals surface area contributed by atoms with Crippen molar-refractivity contribution in [2.45, 2.75) is 25.8 Å². The maximum absolute atomic E-state index is 12.7. The summed E-state index contributed by atoms with van der Waals surface area (Å²) < 4.78 is 0. The van der Waals surface area contributed by atoms with Gasteiger partial charge in [-0.2, -0.15) is 4.98 Å². The van der Waals surface area contributed by atoms with Gasteiger partial charge in [-0.25, -0.2) is 4.98 Å². The number of rotatable bonds is 6. The van der Waals surface area contributed by atoms with Crippen molar-refractivity contribution in [3.05, 3.63) is 45.6 Å². The van der Waals surface area contributed by atoms with E-state index in [2.05, 4.69) is 42.8 Å². The van der Waals surface area contributed by atoms with E-state index in [0.717, 1.165) is 63.5 Å². The molecule has 0 atom stereocenters. The predicted molar refractivity (Wildman–Crippen MR) is 126 cm³/mol. The number of aryl methyl sites for hydroxylation is 1. The van der Waals surface area contributed by atoms with Gasteiger partial charge in [0.25, 0.3) is 11.6 Å². The molecule has 11 heteroatoms. The van der Waals surface area contributed by atoms with Crippen molar-refractivity contribution >= 4 is 29.0 Å². The van der Waals surface area contributed by atoms with Crippen LogP contribution in [0.4, 0.5) is 23.1 Å². The number of likely N-dealkylation sites (tertiary alicyclic amines) is 1. The third-order valence-electron chi connectivity index (χ3n) is 6.12. The van der Waals surface area contributed by atoms with Gasteiger partial charge in [0.1, 0.15) is 11.5 Å². The number of hydrogen-bond donors (Lipinski definition) is 3. The zero-order chi connectivity index (χ0) is 23.4. The largest absolute Gasteiger partial charge is 0.354 e. The Bertz CT molecular complexity index is 1020. The molecule has 0 spiro atoms. The van der Waals surface area contributed by atoms with Crippen molar-refractivity contribution in [2.75, 3.05) is 56.5 Å². The third-order valence-corrected chi connectivity index (χ3v) is 6.12. The van der Waals surface area contributed by atoms with Crippen molar-refractivity contribution in [2.24, 2.45) is 0 Å². The van der Waals surface area contributed by atoms with Crippen LogP contribution in [-0.4, -0.2) is 78.1 Å². The fourth-order valence-electron chi connectivity index (χ4n) is 4.16. The van der Waals surface area contributed by atoms with E-state index >= 15 is 0 Å². The number of benzene rings is 1. The monoisotopic (exact) mass is 454 g/mol. The lowest BCUT2D eigenvalue weighted by atomic mass is 10.0. The second-order valence-corrected chi connectivity index (χ2v) is 8.60. The molecule has 1 amide bonds. The lowest BCUT2D eigenvalue weighted by Crippen LogP contribution is -2.44. The molecule has 0 aliphatic carbocycles. The van der Waals surface area contributed by atoms with Crippen molar-refractivity contribution < 1.29 is 9.72 Å². The van der Waals surface area contributed by atoms with Crippen molar-refractivity contribution in [3.63, 3.8) is 0 Å². The predicted octanol–water partition coefficient (Wildman–Crippen LogP) is 1.67. The summed E-state index contributed by atoms with van der Waals surface area (Å²) in [5.74, 6) is 0.790. The maximum atomic E-state index is 12.7. The van der Waals surface area contributed by atoms with E-state index in [0.29, 0.717) is 0 Å². The molecule has 33 heavy (non-hydrogen) atoms. The number of nitro benzene ring substituents is 1. The lowest BCUT2D eigenvalue weighted by molar-refractivity contribution is -0.383. The highest BCUT2D eigenvalue weighted by Gasteiger charge is 2.23. The molecule has 0 unspecified atom stereocenters. The molecule has 1 aromatic carbocycles. The average Bonchev–Trinajstić information content (AvgIpc) is 2.82. The zero-order valence-corrected chi connectivity index (χ0v) is 19.0. The number of nitrogens with zero attached hydrogens (tertiary/aromatic N) is 5. The third kappa shape index (κ3) is 5.55. The molecule has 2 aliphatic rings. The molecule has 4 rings (SSSR count). The fraction of sp³-hybridized carbons (Fsp3) is 0.500. The number of nitro groups is 1. The Morgan fingerprint density at radius 3 is 2.64 bits per heavy atom. The first-order chi connectivity index (χ1) is 15.9. The highest BCUT2D eigenvalue weighted by atomic mass is 16.6. The van der Waals surface area contributed by atoms with Gasteiger partial charge < -0.3 is 25.8 Å². The first-order valence-electron chi connectivity index (χ1n) is 11.2. The van der Waals surface area contributed by atoms with E-state index in [4.69, 9.17) is 0 Å². The number of hydrogen-bond acceptors (Lipinski definition) is 9. The minimum absolute atomic E-state index is 0.0786. The van der Waals surface area contributed by atoms with Gasteiger partial charge in [-0.05, 0) is 52.0 Å². The summed E-state index contributed by atoms with van der Waals surface area (Å²) >= 11 is 0. The molecular formula is C22H30N8O3. The van der Waals surface area contributed by atoms with Gasteiger partial charge in [-0.3, -0.25) is 14.9 Å². The molecule has 2 fully saturated rings. The van der Waals surface area contributed by atoms with E-state index in [-0.39, 0.29) is 34.8 Å². The summed E-state index contributed by atoms with van der Waals surface area (Å²) in [6.45, 7) is 7.19. The molecule has 0 bridgehead atoms. The Morgan fingerprint density at radius 1 is 1.21 bits per heavy atom. The quantitative estimate of drug-likeness (QED) is 0.441. The number of amides is 1. The molecule has 176 valence electrons. The number of aromatic nitrogens is 2. The molecular weight excluding hydrogens is 424 g/mol. The van der Waals surface area contributed by atoms with Crippen LogP contribution < -0.4 is 20.9 Å². The standard InChI is InChI=1S/C22H30N8O3/c1-15-14-24-22(27-20(15)29-11-7-23-8-12-29)26-18-4-3-16(13-19(18)30(32)33)21(31)25-17-5-9-28(2)10-6-17/h3-4,13-14,17,23H,5-12H2,1-2H3,(H,25,31)(H,24,26,27). The Balaban J connectivity index is 1.51. The highest BCUT2D eigenvalue weighted by molar-refractivity contribution is 5.96. The van der Waals surface area contributed by atoms with Crippen LogP contribution in [-0.2, 0) is 0 Å². The van der Waals surface area contributed by atoms with Gasteiger partial charge in [0.15, 0.2) is 0 Å². The van der Waals surface area contributed by atoms with Crippen molar-refractivity contribution in [3.8, 4) is 0 Å². The summed E-state index contributed by atoms with van der Waals surface area (Å²) in [7, 11) is 2.05. The number of carbonyl (C=O) groups is 1. The van der Waals surface area contributed by atoms with Gasteiger partial charge >= 0.3 is 0 Å². The van der Waals surface area contributed by atoms with Crippen LogP contribution in [0.1, 0.15) is 28.8 Å². The Kier molecular flexibility index (Phi) is 6.99. The summed E-state index contributed by atoms with van der Waals surface area (Å²) in [6, 6.07) is 4.51. The van der Waals surface area contributed by atoms with Crippen molar-refractivity contribution in [1.82, 2.24) is 25.5 Å². The summed E-state index contributed by atoms with van der Waals surface area (Å²) in [6.07, 6.45) is 3.44. The molecule has 2 aromatic rings. The van der Waals surface area contributed by atoms with E-state index in [1.807, 2.05) is 6.92 Å². The number of piperazine rings is 1. The topological polar surface area (TPSA) is 129 Å². The van der Waals surface area contributed by atoms with Gasteiger partial charge in [0, 0.05) is 55.6 Å². The molecule has 2 aliphatic heterocycles. The highest BCUT2D eigenvalue weighted by Crippen LogP contribution is 2.29. The second-order valence-electron chi connectivity index (χ2n) is 8.60. The SMILES string of the molecule is Cc1cnc(Nc2ccc(C(=O)NC3CCN(C)CC3)cc2[N+](=O)[O-])nc1N1CCNCC1. The van der Waals surface area contributed by atoms with E-state index < -0.39 is 4.92 Å². The first-order valence-corrected chi connectivity index (χ1v) is 11.2. The molecule has 2 saturated heterocycles. The minimum Gasteiger partial charge on any atom is -0.354 e. The number of piperidine rings is 1. The van der Waals surface area contributed by atoms with Gasteiger partial charge in [-0.15, -0.1) is 0 Å². The van der Waals surface area contributed by atoms with Gasteiger partial charge in [0.05, 0.1) is 4.92 Å². The smallest absolute Gasteiger partial charge is 0.293 e. The Hall–Kier alpha value is -3.31. The van der Waals surface area contributed by atoms with Crippen molar-refractivity contribution in [1.29, 1.82) is 0 Å². The van der Waals surface area contributed by atoms with Crippen LogP contribution in [0.15, 0.2) is 24.4 Å². The molecule has 0 saturated carbocycles.